The van der Waals surface area contributed by atoms with Crippen molar-refractivity contribution in [2.75, 3.05) is 0 Å². The van der Waals surface area contributed by atoms with E-state index in [0.717, 1.165) is 22.3 Å². The number of hydrogen-bond donors (Lipinski definition) is 0. The smallest absolute Gasteiger partial charge is 0.164 e. The van der Waals surface area contributed by atoms with Crippen LogP contribution in [0.5, 0.6) is 0 Å². The summed E-state index contributed by atoms with van der Waals surface area (Å²) in [6.07, 6.45) is 6.46. The largest absolute Gasteiger partial charge is 0.208 e. The minimum atomic E-state index is 0.171. The van der Waals surface area contributed by atoms with Gasteiger partial charge in [-0.25, -0.2) is 15.0 Å². The van der Waals surface area contributed by atoms with Gasteiger partial charge in [0, 0.05) is 22.1 Å². The Balaban J connectivity index is 1.02. The molecule has 0 amide bonds. The van der Waals surface area contributed by atoms with E-state index >= 15 is 0 Å². The van der Waals surface area contributed by atoms with E-state index in [9.17, 15) is 0 Å². The van der Waals surface area contributed by atoms with E-state index in [1.54, 1.807) is 5.56 Å². The molecule has 3 nitrogen and oxygen atoms in total. The lowest BCUT2D eigenvalue weighted by atomic mass is 9.67. The summed E-state index contributed by atoms with van der Waals surface area (Å²) in [6, 6.07) is 54.1. The van der Waals surface area contributed by atoms with Gasteiger partial charge in [0.1, 0.15) is 0 Å². The first-order chi connectivity index (χ1) is 23.7. The molecular weight excluding hydrogens is 583 g/mol. The third-order valence-corrected chi connectivity index (χ3v) is 10.4. The molecule has 0 aliphatic heterocycles. The summed E-state index contributed by atoms with van der Waals surface area (Å²) in [6.45, 7) is 0. The van der Waals surface area contributed by atoms with Crippen LogP contribution in [0.15, 0.2) is 152 Å². The van der Waals surface area contributed by atoms with Crippen LogP contribution in [0.2, 0.25) is 0 Å². The normalized spacial score (nSPS) is 14.4. The second-order valence-electron chi connectivity index (χ2n) is 13.1. The molecule has 1 spiro atoms. The Morgan fingerprint density at radius 1 is 0.333 bits per heavy atom. The Labute approximate surface area is 282 Å². The Hall–Kier alpha value is -5.67. The van der Waals surface area contributed by atoms with E-state index in [4.69, 9.17) is 15.0 Å². The molecule has 48 heavy (non-hydrogen) atoms. The van der Waals surface area contributed by atoms with Crippen LogP contribution in [0.25, 0.3) is 67.5 Å². The lowest BCUT2D eigenvalue weighted by Gasteiger charge is -2.36. The summed E-state index contributed by atoms with van der Waals surface area (Å²) in [5.41, 5.74) is 13.9. The number of fused-ring (bicyclic) bond motifs is 5. The van der Waals surface area contributed by atoms with Crippen molar-refractivity contribution in [1.82, 2.24) is 15.0 Å². The Morgan fingerprint density at radius 2 is 0.750 bits per heavy atom. The van der Waals surface area contributed by atoms with Crippen molar-refractivity contribution in [2.45, 2.75) is 37.5 Å². The van der Waals surface area contributed by atoms with Crippen molar-refractivity contribution in [3.63, 3.8) is 0 Å². The molecule has 0 N–H and O–H groups in total. The second-order valence-corrected chi connectivity index (χ2v) is 13.1. The zero-order valence-electron chi connectivity index (χ0n) is 26.8. The third-order valence-electron chi connectivity index (χ3n) is 10.4. The van der Waals surface area contributed by atoms with Crippen LogP contribution in [0.1, 0.15) is 43.2 Å². The van der Waals surface area contributed by atoms with Crippen LogP contribution in [-0.2, 0) is 5.41 Å². The van der Waals surface area contributed by atoms with Gasteiger partial charge in [0.2, 0.25) is 0 Å². The van der Waals surface area contributed by atoms with Gasteiger partial charge in [0.05, 0.1) is 0 Å². The van der Waals surface area contributed by atoms with Crippen LogP contribution >= 0.6 is 0 Å². The summed E-state index contributed by atoms with van der Waals surface area (Å²) < 4.78 is 0. The number of rotatable bonds is 5. The molecule has 9 rings (SSSR count). The molecule has 0 radical (unpaired) electrons. The van der Waals surface area contributed by atoms with Gasteiger partial charge < -0.3 is 0 Å². The van der Waals surface area contributed by atoms with Gasteiger partial charge in [-0.05, 0) is 63.4 Å². The molecular formula is C45H35N3. The molecule has 0 bridgehead atoms. The summed E-state index contributed by atoms with van der Waals surface area (Å²) >= 11 is 0. The monoisotopic (exact) mass is 617 g/mol. The van der Waals surface area contributed by atoms with Crippen molar-refractivity contribution in [3.8, 4) is 67.5 Å². The van der Waals surface area contributed by atoms with E-state index < -0.39 is 0 Å². The molecule has 6 aromatic carbocycles. The Kier molecular flexibility index (Phi) is 7.04. The van der Waals surface area contributed by atoms with E-state index in [1.165, 1.54) is 65.5 Å². The van der Waals surface area contributed by atoms with E-state index in [2.05, 4.69) is 91.0 Å². The van der Waals surface area contributed by atoms with Gasteiger partial charge >= 0.3 is 0 Å². The lowest BCUT2D eigenvalue weighted by molar-refractivity contribution is 0.353. The lowest BCUT2D eigenvalue weighted by Crippen LogP contribution is -2.28. The van der Waals surface area contributed by atoms with Crippen molar-refractivity contribution in [1.29, 1.82) is 0 Å². The molecule has 2 aliphatic rings. The zero-order valence-corrected chi connectivity index (χ0v) is 26.8. The van der Waals surface area contributed by atoms with E-state index in [1.807, 2.05) is 60.7 Å². The molecule has 0 unspecified atom stereocenters. The summed E-state index contributed by atoms with van der Waals surface area (Å²) in [5, 5.41) is 0. The maximum Gasteiger partial charge on any atom is 0.164 e. The summed E-state index contributed by atoms with van der Waals surface area (Å²) in [5.74, 6) is 2.01. The average Bonchev–Trinajstić information content (AvgIpc) is 3.43. The van der Waals surface area contributed by atoms with Crippen LogP contribution in [0.3, 0.4) is 0 Å². The highest BCUT2D eigenvalue weighted by Crippen LogP contribution is 2.56. The molecule has 2 aliphatic carbocycles. The van der Waals surface area contributed by atoms with Crippen LogP contribution in [0.4, 0.5) is 0 Å². The maximum absolute atomic E-state index is 4.89. The first kappa shape index (κ1) is 28.5. The first-order valence-electron chi connectivity index (χ1n) is 17.1. The van der Waals surface area contributed by atoms with Gasteiger partial charge in [-0.2, -0.15) is 0 Å². The highest BCUT2D eigenvalue weighted by atomic mass is 15.0. The molecule has 0 atom stereocenters. The quantitative estimate of drug-likeness (QED) is 0.193. The second kappa shape index (κ2) is 11.8. The first-order valence-corrected chi connectivity index (χ1v) is 17.1. The van der Waals surface area contributed by atoms with E-state index in [0.29, 0.717) is 17.5 Å². The number of aromatic nitrogens is 3. The fourth-order valence-corrected chi connectivity index (χ4v) is 7.93. The topological polar surface area (TPSA) is 38.7 Å². The van der Waals surface area contributed by atoms with Crippen LogP contribution in [-0.4, -0.2) is 15.0 Å². The summed E-state index contributed by atoms with van der Waals surface area (Å²) in [7, 11) is 0. The molecule has 7 aromatic rings. The standard InChI is InChI=1S/C45H35N3/c1-4-12-34(13-5-1)42-46-43(35-14-6-2-7-15-35)48-44(47-42)36-24-22-32(23-25-36)31-18-20-33(21-19-31)37-26-27-39-38-16-8-9-17-40(38)45(41(39)30-37)28-10-3-11-29-45/h1-2,4-9,12-27,30H,3,10-11,28-29H2. The molecule has 230 valence electrons. The molecule has 1 fully saturated rings. The molecule has 3 heteroatoms. The fraction of sp³-hybridized carbons (Fsp3) is 0.133. The van der Waals surface area contributed by atoms with Gasteiger partial charge in [0.15, 0.2) is 17.5 Å². The third kappa shape index (κ3) is 4.94. The van der Waals surface area contributed by atoms with Gasteiger partial charge in [-0.1, -0.05) is 165 Å². The maximum atomic E-state index is 4.89. The van der Waals surface area contributed by atoms with Crippen molar-refractivity contribution in [2.24, 2.45) is 0 Å². The highest BCUT2D eigenvalue weighted by molar-refractivity contribution is 5.84. The van der Waals surface area contributed by atoms with Crippen molar-refractivity contribution in [3.05, 3.63) is 163 Å². The molecule has 0 saturated heterocycles. The number of benzene rings is 6. The number of nitrogens with zero attached hydrogens (tertiary/aromatic N) is 3. The van der Waals surface area contributed by atoms with Gasteiger partial charge in [0.25, 0.3) is 0 Å². The summed E-state index contributed by atoms with van der Waals surface area (Å²) in [4.78, 5) is 14.6. The number of hydrogen-bond acceptors (Lipinski definition) is 3. The van der Waals surface area contributed by atoms with E-state index in [-0.39, 0.29) is 5.41 Å². The minimum Gasteiger partial charge on any atom is -0.208 e. The van der Waals surface area contributed by atoms with Crippen molar-refractivity contribution < 1.29 is 0 Å². The molecule has 1 heterocycles. The van der Waals surface area contributed by atoms with Crippen LogP contribution < -0.4 is 0 Å². The Morgan fingerprint density at radius 3 is 1.31 bits per heavy atom. The minimum absolute atomic E-state index is 0.171. The Bertz CT molecular complexity index is 2170. The van der Waals surface area contributed by atoms with Crippen LogP contribution in [0, 0.1) is 0 Å². The predicted octanol–water partition coefficient (Wildman–Crippen LogP) is 11.4. The molecule has 1 saturated carbocycles. The predicted molar refractivity (Wildman–Crippen MR) is 196 cm³/mol. The fourth-order valence-electron chi connectivity index (χ4n) is 7.93. The van der Waals surface area contributed by atoms with Crippen molar-refractivity contribution >= 4 is 0 Å². The molecule has 1 aromatic heterocycles. The highest BCUT2D eigenvalue weighted by Gasteiger charge is 2.43. The zero-order chi connectivity index (χ0) is 31.9. The van der Waals surface area contributed by atoms with Gasteiger partial charge in [-0.3, -0.25) is 0 Å². The van der Waals surface area contributed by atoms with Gasteiger partial charge in [-0.15, -0.1) is 0 Å². The average molecular weight is 618 g/mol. The SMILES string of the molecule is c1ccc(-c2nc(-c3ccccc3)nc(-c3ccc(-c4ccc(-c5ccc6c(c5)C5(CCCCC5)c5ccccc5-6)cc4)cc3)n2)cc1.